The summed E-state index contributed by atoms with van der Waals surface area (Å²) in [5, 5.41) is 2.94. The SMILES string of the molecule is CS(=O)(=O)N[C@@H]1[C@@H](NC(=O)CCc2cnccn2)[C@H]2CCO[C@H]21. The number of carbonyl (C=O) groups is 1. The zero-order valence-corrected chi connectivity index (χ0v) is 13.6. The van der Waals surface area contributed by atoms with Gasteiger partial charge in [0, 0.05) is 37.5 Å². The fourth-order valence-corrected chi connectivity index (χ4v) is 4.03. The van der Waals surface area contributed by atoms with Crippen LogP contribution in [0.4, 0.5) is 0 Å². The third-order valence-corrected chi connectivity index (χ3v) is 4.99. The molecule has 1 aromatic heterocycles. The molecule has 1 aromatic rings. The van der Waals surface area contributed by atoms with E-state index < -0.39 is 16.1 Å². The van der Waals surface area contributed by atoms with Crippen LogP contribution in [0.5, 0.6) is 0 Å². The van der Waals surface area contributed by atoms with Crippen LogP contribution in [0.1, 0.15) is 18.5 Å². The minimum absolute atomic E-state index is 0.119. The molecule has 1 saturated heterocycles. The van der Waals surface area contributed by atoms with Gasteiger partial charge in [0.25, 0.3) is 0 Å². The Morgan fingerprint density at radius 2 is 2.22 bits per heavy atom. The molecule has 8 nitrogen and oxygen atoms in total. The van der Waals surface area contributed by atoms with Crippen LogP contribution in [0.15, 0.2) is 18.6 Å². The van der Waals surface area contributed by atoms with Crippen LogP contribution in [0.2, 0.25) is 0 Å². The molecule has 3 rings (SSSR count). The zero-order chi connectivity index (χ0) is 16.4. The van der Waals surface area contributed by atoms with E-state index in [1.165, 1.54) is 0 Å². The van der Waals surface area contributed by atoms with Crippen LogP contribution in [-0.2, 0) is 26.0 Å². The summed E-state index contributed by atoms with van der Waals surface area (Å²) in [5.41, 5.74) is 0.754. The van der Waals surface area contributed by atoms with E-state index in [-0.39, 0.29) is 24.0 Å². The molecule has 0 radical (unpaired) electrons. The lowest BCUT2D eigenvalue weighted by Crippen LogP contribution is -2.70. The summed E-state index contributed by atoms with van der Waals surface area (Å²) >= 11 is 0. The number of fused-ring (bicyclic) bond motifs is 1. The van der Waals surface area contributed by atoms with Crippen molar-refractivity contribution in [3.05, 3.63) is 24.3 Å². The molecule has 23 heavy (non-hydrogen) atoms. The van der Waals surface area contributed by atoms with Crippen LogP contribution >= 0.6 is 0 Å². The predicted octanol–water partition coefficient (Wildman–Crippen LogP) is -0.769. The highest BCUT2D eigenvalue weighted by molar-refractivity contribution is 7.88. The van der Waals surface area contributed by atoms with Gasteiger partial charge in [0.2, 0.25) is 15.9 Å². The maximum Gasteiger partial charge on any atom is 0.220 e. The van der Waals surface area contributed by atoms with Crippen LogP contribution in [0, 0.1) is 5.92 Å². The number of aryl methyl sites for hydroxylation is 1. The molecular weight excluding hydrogens is 320 g/mol. The van der Waals surface area contributed by atoms with Gasteiger partial charge in [-0.15, -0.1) is 0 Å². The molecule has 0 spiro atoms. The Balaban J connectivity index is 1.56. The zero-order valence-electron chi connectivity index (χ0n) is 12.8. The van der Waals surface area contributed by atoms with Crippen molar-refractivity contribution in [1.82, 2.24) is 20.0 Å². The maximum atomic E-state index is 12.1. The molecule has 2 N–H and O–H groups in total. The highest BCUT2D eigenvalue weighted by atomic mass is 32.2. The minimum atomic E-state index is -3.35. The van der Waals surface area contributed by atoms with E-state index in [1.807, 2.05) is 0 Å². The molecular formula is C14H20N4O4S. The number of aromatic nitrogens is 2. The van der Waals surface area contributed by atoms with Gasteiger partial charge in [-0.3, -0.25) is 14.8 Å². The molecule has 1 aliphatic carbocycles. The average molecular weight is 340 g/mol. The molecule has 9 heteroatoms. The Morgan fingerprint density at radius 3 is 2.91 bits per heavy atom. The van der Waals surface area contributed by atoms with Gasteiger partial charge < -0.3 is 10.1 Å². The molecule has 2 aliphatic rings. The summed E-state index contributed by atoms with van der Waals surface area (Å²) in [7, 11) is -3.35. The monoisotopic (exact) mass is 340 g/mol. The molecule has 1 saturated carbocycles. The second-order valence-corrected chi connectivity index (χ2v) is 7.77. The number of rotatable bonds is 6. The molecule has 126 valence electrons. The lowest BCUT2D eigenvalue weighted by molar-refractivity contribution is -0.125. The normalized spacial score (nSPS) is 29.6. The standard InChI is InChI=1S/C14H20N4O4S/c1-23(20,21)18-13-12(10-4-7-22-14(10)13)17-11(19)3-2-9-8-15-5-6-16-9/h5-6,8,10,12-14,18H,2-4,7H2,1H3,(H,17,19)/t10-,12+,13-,14-/m1/s1. The lowest BCUT2D eigenvalue weighted by Gasteiger charge is -2.47. The topological polar surface area (TPSA) is 110 Å². The quantitative estimate of drug-likeness (QED) is 0.704. The molecule has 2 fully saturated rings. The number of sulfonamides is 1. The largest absolute Gasteiger partial charge is 0.376 e. The van der Waals surface area contributed by atoms with E-state index in [2.05, 4.69) is 20.0 Å². The summed E-state index contributed by atoms with van der Waals surface area (Å²) in [4.78, 5) is 20.2. The Bertz CT molecular complexity index is 667. The molecule has 1 amide bonds. The first-order chi connectivity index (χ1) is 10.9. The van der Waals surface area contributed by atoms with Crippen molar-refractivity contribution in [1.29, 1.82) is 0 Å². The van der Waals surface area contributed by atoms with Crippen LogP contribution in [0.25, 0.3) is 0 Å². The van der Waals surface area contributed by atoms with E-state index >= 15 is 0 Å². The molecule has 1 aliphatic heterocycles. The van der Waals surface area contributed by atoms with Gasteiger partial charge in [-0.2, -0.15) is 0 Å². The van der Waals surface area contributed by atoms with E-state index in [1.54, 1.807) is 18.6 Å². The lowest BCUT2D eigenvalue weighted by atomic mass is 9.72. The van der Waals surface area contributed by atoms with E-state index in [4.69, 9.17) is 4.74 Å². The smallest absolute Gasteiger partial charge is 0.220 e. The summed E-state index contributed by atoms with van der Waals surface area (Å²) in [5.74, 6) is 0.0565. The first-order valence-electron chi connectivity index (χ1n) is 7.57. The molecule has 2 heterocycles. The summed E-state index contributed by atoms with van der Waals surface area (Å²) in [6.45, 7) is 0.600. The fraction of sp³-hybridized carbons (Fsp3) is 0.643. The Hall–Kier alpha value is -1.58. The van der Waals surface area contributed by atoms with E-state index in [9.17, 15) is 13.2 Å². The van der Waals surface area contributed by atoms with Gasteiger partial charge >= 0.3 is 0 Å². The van der Waals surface area contributed by atoms with Gasteiger partial charge in [0.05, 0.1) is 30.1 Å². The van der Waals surface area contributed by atoms with Gasteiger partial charge in [-0.05, 0) is 12.8 Å². The van der Waals surface area contributed by atoms with Gasteiger partial charge in [-0.25, -0.2) is 13.1 Å². The number of amides is 1. The summed E-state index contributed by atoms with van der Waals surface area (Å²) in [6, 6.07) is -0.607. The number of nitrogens with zero attached hydrogens (tertiary/aromatic N) is 2. The fourth-order valence-electron chi connectivity index (χ4n) is 3.25. The first-order valence-corrected chi connectivity index (χ1v) is 9.46. The van der Waals surface area contributed by atoms with E-state index in [0.29, 0.717) is 19.4 Å². The number of nitrogens with one attached hydrogen (secondary N) is 2. The Labute approximate surface area is 135 Å². The van der Waals surface area contributed by atoms with Gasteiger partial charge in [-0.1, -0.05) is 0 Å². The second kappa shape index (κ2) is 6.50. The third-order valence-electron chi connectivity index (χ3n) is 4.29. The van der Waals surface area contributed by atoms with Crippen LogP contribution < -0.4 is 10.0 Å². The highest BCUT2D eigenvalue weighted by Gasteiger charge is 2.55. The summed E-state index contributed by atoms with van der Waals surface area (Å²) < 4.78 is 31.1. The van der Waals surface area contributed by atoms with Crippen molar-refractivity contribution >= 4 is 15.9 Å². The van der Waals surface area contributed by atoms with E-state index in [0.717, 1.165) is 18.4 Å². The second-order valence-electron chi connectivity index (χ2n) is 5.99. The number of hydrogen-bond acceptors (Lipinski definition) is 6. The summed E-state index contributed by atoms with van der Waals surface area (Å²) in [6.07, 6.45) is 7.40. The van der Waals surface area contributed by atoms with Gasteiger partial charge in [0.15, 0.2) is 0 Å². The van der Waals surface area contributed by atoms with Crippen LogP contribution in [-0.4, -0.2) is 55.3 Å². The highest BCUT2D eigenvalue weighted by Crippen LogP contribution is 2.39. The first kappa shape index (κ1) is 16.3. The number of hydrogen-bond donors (Lipinski definition) is 2. The number of carbonyl (C=O) groups excluding carboxylic acids is 1. The predicted molar refractivity (Wildman–Crippen MR) is 81.9 cm³/mol. The van der Waals surface area contributed by atoms with Gasteiger partial charge in [0.1, 0.15) is 0 Å². The van der Waals surface area contributed by atoms with Crippen molar-refractivity contribution in [2.45, 2.75) is 37.5 Å². The minimum Gasteiger partial charge on any atom is -0.376 e. The van der Waals surface area contributed by atoms with Crippen molar-refractivity contribution in [3.8, 4) is 0 Å². The van der Waals surface area contributed by atoms with Crippen molar-refractivity contribution in [2.24, 2.45) is 5.92 Å². The molecule has 0 aromatic carbocycles. The molecule has 0 unspecified atom stereocenters. The Kier molecular flexibility index (Phi) is 4.60. The average Bonchev–Trinajstić information content (AvgIpc) is 2.93. The van der Waals surface area contributed by atoms with Crippen molar-refractivity contribution in [2.75, 3.05) is 12.9 Å². The molecule has 0 bridgehead atoms. The van der Waals surface area contributed by atoms with Crippen molar-refractivity contribution < 1.29 is 17.9 Å². The van der Waals surface area contributed by atoms with Crippen LogP contribution in [0.3, 0.4) is 0 Å². The van der Waals surface area contributed by atoms with Crippen molar-refractivity contribution in [3.63, 3.8) is 0 Å². The third kappa shape index (κ3) is 3.85. The molecule has 4 atom stereocenters. The Morgan fingerprint density at radius 1 is 1.39 bits per heavy atom. The number of ether oxygens (including phenoxy) is 1. The maximum absolute atomic E-state index is 12.1.